The summed E-state index contributed by atoms with van der Waals surface area (Å²) in [6, 6.07) is 9.65. The van der Waals surface area contributed by atoms with Gasteiger partial charge in [-0.05, 0) is 24.3 Å². The average molecular weight is 225 g/mol. The predicted molar refractivity (Wildman–Crippen MR) is 60.3 cm³/mol. The van der Waals surface area contributed by atoms with Gasteiger partial charge in [-0.3, -0.25) is 0 Å². The van der Waals surface area contributed by atoms with Crippen LogP contribution in [0.5, 0.6) is 0 Å². The lowest BCUT2D eigenvalue weighted by molar-refractivity contribution is -0.0483. The number of benzene rings is 1. The molecule has 1 aliphatic carbocycles. The third-order valence-electron chi connectivity index (χ3n) is 3.45. The van der Waals surface area contributed by atoms with Crippen molar-refractivity contribution in [3.8, 4) is 0 Å². The molecular formula is C13H17F2N. The van der Waals surface area contributed by atoms with E-state index in [1.54, 1.807) is 0 Å². The highest BCUT2D eigenvalue weighted by Gasteiger charge is 2.36. The van der Waals surface area contributed by atoms with Gasteiger partial charge in [-0.1, -0.05) is 30.3 Å². The van der Waals surface area contributed by atoms with Crippen molar-refractivity contribution < 1.29 is 8.78 Å². The summed E-state index contributed by atoms with van der Waals surface area (Å²) in [5.41, 5.74) is 7.17. The van der Waals surface area contributed by atoms with E-state index >= 15 is 0 Å². The summed E-state index contributed by atoms with van der Waals surface area (Å²) in [4.78, 5) is 0. The summed E-state index contributed by atoms with van der Waals surface area (Å²) in [5.74, 6) is -2.27. The van der Waals surface area contributed by atoms with Crippen LogP contribution < -0.4 is 5.73 Å². The van der Waals surface area contributed by atoms with Crippen LogP contribution in [0.2, 0.25) is 0 Å². The quantitative estimate of drug-likeness (QED) is 0.818. The number of rotatable bonds is 2. The zero-order chi connectivity index (χ0) is 11.6. The Balaban J connectivity index is 2.00. The molecule has 1 fully saturated rings. The Morgan fingerprint density at radius 3 is 2.25 bits per heavy atom. The minimum atomic E-state index is -2.47. The molecule has 0 spiro atoms. The van der Waals surface area contributed by atoms with Crippen LogP contribution >= 0.6 is 0 Å². The van der Waals surface area contributed by atoms with Gasteiger partial charge in [0.1, 0.15) is 0 Å². The predicted octanol–water partition coefficient (Wildman–Crippen LogP) is 3.51. The van der Waals surface area contributed by atoms with Crippen LogP contribution in [0.4, 0.5) is 8.78 Å². The molecule has 1 aromatic rings. The summed E-state index contributed by atoms with van der Waals surface area (Å²) in [5, 5.41) is 0. The highest BCUT2D eigenvalue weighted by molar-refractivity contribution is 5.19. The topological polar surface area (TPSA) is 26.0 Å². The van der Waals surface area contributed by atoms with E-state index in [0.717, 1.165) is 5.56 Å². The lowest BCUT2D eigenvalue weighted by Gasteiger charge is -2.32. The molecule has 1 aliphatic rings. The van der Waals surface area contributed by atoms with E-state index in [1.165, 1.54) is 0 Å². The van der Waals surface area contributed by atoms with E-state index in [2.05, 4.69) is 0 Å². The molecule has 0 amide bonds. The number of hydrogen-bond acceptors (Lipinski definition) is 1. The molecule has 1 atom stereocenters. The maximum absolute atomic E-state index is 13.0. The smallest absolute Gasteiger partial charge is 0.248 e. The van der Waals surface area contributed by atoms with E-state index in [-0.39, 0.29) is 24.8 Å². The summed E-state index contributed by atoms with van der Waals surface area (Å²) >= 11 is 0. The molecule has 1 nitrogen and oxygen atoms in total. The zero-order valence-electron chi connectivity index (χ0n) is 9.20. The second-order valence-corrected chi connectivity index (χ2v) is 4.63. The molecule has 2 rings (SSSR count). The van der Waals surface area contributed by atoms with Crippen LogP contribution in [0.15, 0.2) is 30.3 Å². The van der Waals surface area contributed by atoms with Crippen molar-refractivity contribution in [1.29, 1.82) is 0 Å². The fourth-order valence-electron chi connectivity index (χ4n) is 2.37. The molecule has 0 radical (unpaired) electrons. The van der Waals surface area contributed by atoms with Gasteiger partial charge in [-0.25, -0.2) is 8.78 Å². The zero-order valence-corrected chi connectivity index (χ0v) is 9.20. The number of hydrogen-bond donors (Lipinski definition) is 1. The van der Waals surface area contributed by atoms with Crippen molar-refractivity contribution >= 4 is 0 Å². The summed E-state index contributed by atoms with van der Waals surface area (Å²) < 4.78 is 26.0. The van der Waals surface area contributed by atoms with Crippen LogP contribution in [0, 0.1) is 5.92 Å². The fraction of sp³-hybridized carbons (Fsp3) is 0.538. The summed E-state index contributed by atoms with van der Waals surface area (Å²) in [6.07, 6.45) is 1.03. The van der Waals surface area contributed by atoms with E-state index in [9.17, 15) is 8.78 Å². The first kappa shape index (κ1) is 11.5. The van der Waals surface area contributed by atoms with E-state index in [1.807, 2.05) is 30.3 Å². The first-order valence-electron chi connectivity index (χ1n) is 5.77. The Bertz CT molecular complexity index is 327. The molecule has 16 heavy (non-hydrogen) atoms. The van der Waals surface area contributed by atoms with Gasteiger partial charge in [0, 0.05) is 18.9 Å². The van der Waals surface area contributed by atoms with Crippen molar-refractivity contribution in [3.05, 3.63) is 35.9 Å². The average Bonchev–Trinajstić information content (AvgIpc) is 2.29. The molecule has 1 unspecified atom stereocenters. The van der Waals surface area contributed by atoms with Gasteiger partial charge < -0.3 is 5.73 Å². The Morgan fingerprint density at radius 2 is 1.69 bits per heavy atom. The second-order valence-electron chi connectivity index (χ2n) is 4.63. The van der Waals surface area contributed by atoms with Gasteiger partial charge in [0.2, 0.25) is 5.92 Å². The largest absolute Gasteiger partial charge is 0.324 e. The molecular weight excluding hydrogens is 208 g/mol. The van der Waals surface area contributed by atoms with E-state index < -0.39 is 5.92 Å². The molecule has 0 aliphatic heterocycles. The van der Waals surface area contributed by atoms with Crippen LogP contribution in [0.1, 0.15) is 37.3 Å². The highest BCUT2D eigenvalue weighted by Crippen LogP contribution is 2.40. The maximum Gasteiger partial charge on any atom is 0.248 e. The van der Waals surface area contributed by atoms with Gasteiger partial charge in [0.25, 0.3) is 0 Å². The molecule has 3 heteroatoms. The fourth-order valence-corrected chi connectivity index (χ4v) is 2.37. The van der Waals surface area contributed by atoms with Crippen molar-refractivity contribution in [2.75, 3.05) is 0 Å². The molecule has 88 valence electrons. The van der Waals surface area contributed by atoms with Crippen molar-refractivity contribution in [2.24, 2.45) is 11.7 Å². The molecule has 0 aromatic heterocycles. The monoisotopic (exact) mass is 225 g/mol. The van der Waals surface area contributed by atoms with Gasteiger partial charge in [0.05, 0.1) is 0 Å². The van der Waals surface area contributed by atoms with Gasteiger partial charge >= 0.3 is 0 Å². The number of halogens is 2. The lowest BCUT2D eigenvalue weighted by atomic mass is 9.80. The second kappa shape index (κ2) is 4.50. The Labute approximate surface area is 94.7 Å². The van der Waals surface area contributed by atoms with Crippen molar-refractivity contribution in [1.82, 2.24) is 0 Å². The molecule has 0 heterocycles. The highest BCUT2D eigenvalue weighted by atomic mass is 19.3. The first-order chi connectivity index (χ1) is 7.58. The lowest BCUT2D eigenvalue weighted by Crippen LogP contribution is -2.30. The maximum atomic E-state index is 13.0. The number of nitrogens with two attached hydrogens (primary N) is 1. The first-order valence-corrected chi connectivity index (χ1v) is 5.77. The third-order valence-corrected chi connectivity index (χ3v) is 3.45. The SMILES string of the molecule is NC(c1ccccc1)C1CCC(F)(F)CC1. The van der Waals surface area contributed by atoms with E-state index in [0.29, 0.717) is 12.8 Å². The molecule has 0 bridgehead atoms. The minimum absolute atomic E-state index is 0.0157. The summed E-state index contributed by atoms with van der Waals surface area (Å²) in [7, 11) is 0. The Hall–Kier alpha value is -0.960. The van der Waals surface area contributed by atoms with Gasteiger partial charge in [-0.15, -0.1) is 0 Å². The van der Waals surface area contributed by atoms with Crippen LogP contribution in [-0.4, -0.2) is 5.92 Å². The molecule has 1 saturated carbocycles. The minimum Gasteiger partial charge on any atom is -0.324 e. The summed E-state index contributed by atoms with van der Waals surface area (Å²) in [6.45, 7) is 0. The Morgan fingerprint density at radius 1 is 1.12 bits per heavy atom. The van der Waals surface area contributed by atoms with Crippen molar-refractivity contribution in [3.63, 3.8) is 0 Å². The Kier molecular flexibility index (Phi) is 3.24. The van der Waals surface area contributed by atoms with E-state index in [4.69, 9.17) is 5.73 Å². The molecule has 0 saturated heterocycles. The number of alkyl halides is 2. The van der Waals surface area contributed by atoms with Crippen LogP contribution in [-0.2, 0) is 0 Å². The third kappa shape index (κ3) is 2.59. The normalized spacial score (nSPS) is 22.9. The van der Waals surface area contributed by atoms with Gasteiger partial charge in [0.15, 0.2) is 0 Å². The van der Waals surface area contributed by atoms with Crippen molar-refractivity contribution in [2.45, 2.75) is 37.6 Å². The van der Waals surface area contributed by atoms with Crippen LogP contribution in [0.25, 0.3) is 0 Å². The molecule has 1 aromatic carbocycles. The molecule has 2 N–H and O–H groups in total. The van der Waals surface area contributed by atoms with Crippen LogP contribution in [0.3, 0.4) is 0 Å². The standard InChI is InChI=1S/C13H17F2N/c14-13(15)8-6-11(7-9-13)12(16)10-4-2-1-3-5-10/h1-5,11-12H,6-9,16H2. The van der Waals surface area contributed by atoms with Gasteiger partial charge in [-0.2, -0.15) is 0 Å².